The van der Waals surface area contributed by atoms with Gasteiger partial charge in [0.2, 0.25) is 0 Å². The summed E-state index contributed by atoms with van der Waals surface area (Å²) in [4.78, 5) is 15.4. The second kappa shape index (κ2) is 16.5. The number of rotatable bonds is 6. The summed E-state index contributed by atoms with van der Waals surface area (Å²) < 4.78 is 0. The molecule has 5 aromatic rings. The standard InChI is InChI=1S/C43H47N3.2ClH.Fe/c1-28-14-11-15-29(2)40(28)44-30(3)38-18-13-19-39(46-38)31(4)45-41-36(32-20-24-34(25-21-32)42(5,6)7)16-12-17-37(41)33-22-26-35(27-23-33)43(8,9)10;;;/h11-27H,1-10H3;2*1H;/q;;;+2/p-2. The summed E-state index contributed by atoms with van der Waals surface area (Å²) >= 11 is 0.194. The molecular formula is C43H47Cl2FeN3. The van der Waals surface area contributed by atoms with Crippen LogP contribution in [0.25, 0.3) is 22.3 Å². The van der Waals surface area contributed by atoms with Crippen LogP contribution in [0.4, 0.5) is 11.4 Å². The van der Waals surface area contributed by atoms with Gasteiger partial charge in [-0.25, -0.2) is 4.98 Å². The van der Waals surface area contributed by atoms with Gasteiger partial charge in [-0.05, 0) is 84.0 Å². The van der Waals surface area contributed by atoms with Crippen molar-refractivity contribution >= 4 is 43.0 Å². The van der Waals surface area contributed by atoms with Crippen LogP contribution >= 0.6 is 20.2 Å². The van der Waals surface area contributed by atoms with E-state index >= 15 is 0 Å². The predicted octanol–water partition coefficient (Wildman–Crippen LogP) is 13.3. The predicted molar refractivity (Wildman–Crippen MR) is 210 cm³/mol. The van der Waals surface area contributed by atoms with Gasteiger partial charge in [0.15, 0.2) is 0 Å². The molecule has 5 rings (SSSR count). The Morgan fingerprint density at radius 2 is 0.878 bits per heavy atom. The van der Waals surface area contributed by atoms with E-state index in [0.29, 0.717) is 0 Å². The van der Waals surface area contributed by atoms with Gasteiger partial charge in [0.25, 0.3) is 0 Å². The Bertz CT molecular complexity index is 1850. The van der Waals surface area contributed by atoms with Gasteiger partial charge in [0.1, 0.15) is 0 Å². The van der Waals surface area contributed by atoms with Crippen LogP contribution in [0.5, 0.6) is 0 Å². The van der Waals surface area contributed by atoms with E-state index in [1.165, 1.54) is 11.1 Å². The summed E-state index contributed by atoms with van der Waals surface area (Å²) in [6, 6.07) is 36.7. The van der Waals surface area contributed by atoms with Crippen LogP contribution in [0.15, 0.2) is 113 Å². The topological polar surface area (TPSA) is 37.6 Å². The minimum atomic E-state index is 0.0861. The number of halogens is 2. The van der Waals surface area contributed by atoms with Gasteiger partial charge in [-0.1, -0.05) is 133 Å². The van der Waals surface area contributed by atoms with Crippen LogP contribution in [-0.4, -0.2) is 16.4 Å². The Labute approximate surface area is 308 Å². The normalized spacial score (nSPS) is 12.5. The first-order chi connectivity index (χ1) is 23.1. The first-order valence-corrected chi connectivity index (χ1v) is 19.5. The summed E-state index contributed by atoms with van der Waals surface area (Å²) in [6.07, 6.45) is 0. The van der Waals surface area contributed by atoms with E-state index < -0.39 is 0 Å². The molecule has 256 valence electrons. The van der Waals surface area contributed by atoms with Crippen molar-refractivity contribution in [1.82, 2.24) is 4.98 Å². The SMILES string of the molecule is CC(=Nc1c(C)cccc1C)c1cccc(C(C)=Nc2c(-c3ccc(C(C)(C)C)cc3)cccc2-c2ccc(C(C)(C)C)cc2)n1.[Cl][Fe][Cl]. The van der Waals surface area contributed by atoms with Gasteiger partial charge in [0.05, 0.1) is 34.2 Å². The first kappa shape index (κ1) is 38.3. The van der Waals surface area contributed by atoms with Crippen LogP contribution in [0.2, 0.25) is 0 Å². The van der Waals surface area contributed by atoms with Crippen LogP contribution in [-0.2, 0) is 24.0 Å². The first-order valence-electron chi connectivity index (χ1n) is 16.5. The monoisotopic (exact) mass is 731 g/mol. The molecule has 3 nitrogen and oxygen atoms in total. The Kier molecular flexibility index (Phi) is 12.8. The van der Waals surface area contributed by atoms with Crippen molar-refractivity contribution in [3.05, 3.63) is 137 Å². The molecule has 0 atom stereocenters. The maximum atomic E-state index is 5.35. The number of para-hydroxylation sites is 2. The number of benzene rings is 4. The Hall–Kier alpha value is -3.53. The third kappa shape index (κ3) is 9.80. The fourth-order valence-electron chi connectivity index (χ4n) is 5.70. The third-order valence-corrected chi connectivity index (χ3v) is 8.65. The molecule has 6 heteroatoms. The number of hydrogen-bond acceptors (Lipinski definition) is 3. The number of aliphatic imine (C=N–C) groups is 2. The van der Waals surface area contributed by atoms with Crippen molar-refractivity contribution in [3.63, 3.8) is 0 Å². The van der Waals surface area contributed by atoms with Crippen molar-refractivity contribution in [2.45, 2.75) is 80.1 Å². The molecule has 0 amide bonds. The van der Waals surface area contributed by atoms with Crippen LogP contribution in [0.1, 0.15) is 89.0 Å². The summed E-state index contributed by atoms with van der Waals surface area (Å²) in [6.45, 7) is 21.8. The number of aryl methyl sites for hydroxylation is 2. The molecule has 0 saturated heterocycles. The fourth-order valence-corrected chi connectivity index (χ4v) is 5.70. The van der Waals surface area contributed by atoms with Crippen molar-refractivity contribution in [2.75, 3.05) is 0 Å². The van der Waals surface area contributed by atoms with E-state index in [1.807, 2.05) is 25.1 Å². The molecule has 0 spiro atoms. The summed E-state index contributed by atoms with van der Waals surface area (Å²) in [5.41, 5.74) is 15.0. The average molecular weight is 733 g/mol. The van der Waals surface area contributed by atoms with E-state index in [-0.39, 0.29) is 24.0 Å². The zero-order chi connectivity index (χ0) is 35.9. The Balaban J connectivity index is 0.00000174. The number of aromatic nitrogens is 1. The van der Waals surface area contributed by atoms with Gasteiger partial charge in [-0.2, -0.15) is 0 Å². The van der Waals surface area contributed by atoms with Gasteiger partial charge < -0.3 is 0 Å². The molecule has 0 unspecified atom stereocenters. The molecule has 0 aliphatic heterocycles. The van der Waals surface area contributed by atoms with Crippen LogP contribution < -0.4 is 0 Å². The second-order valence-electron chi connectivity index (χ2n) is 14.4. The molecule has 0 aliphatic carbocycles. The number of nitrogens with zero attached hydrogens (tertiary/aromatic N) is 3. The van der Waals surface area contributed by atoms with E-state index in [2.05, 4.69) is 147 Å². The minimum absolute atomic E-state index is 0.0861. The van der Waals surface area contributed by atoms with Gasteiger partial charge >= 0.3 is 33.3 Å². The van der Waals surface area contributed by atoms with E-state index in [4.69, 9.17) is 35.2 Å². The van der Waals surface area contributed by atoms with E-state index in [9.17, 15) is 0 Å². The molecule has 4 aromatic carbocycles. The van der Waals surface area contributed by atoms with Crippen molar-refractivity contribution in [1.29, 1.82) is 0 Å². The number of hydrogen-bond donors (Lipinski definition) is 0. The third-order valence-electron chi connectivity index (χ3n) is 8.65. The van der Waals surface area contributed by atoms with E-state index in [1.54, 1.807) is 0 Å². The summed E-state index contributed by atoms with van der Waals surface area (Å²) in [5, 5.41) is 0. The van der Waals surface area contributed by atoms with Crippen molar-refractivity contribution in [3.8, 4) is 22.3 Å². The Morgan fingerprint density at radius 1 is 0.531 bits per heavy atom. The molecule has 0 fully saturated rings. The Morgan fingerprint density at radius 3 is 1.27 bits per heavy atom. The molecule has 1 aromatic heterocycles. The van der Waals surface area contributed by atoms with Gasteiger partial charge in [0, 0.05) is 11.1 Å². The van der Waals surface area contributed by atoms with Crippen LogP contribution in [0.3, 0.4) is 0 Å². The molecule has 49 heavy (non-hydrogen) atoms. The molecule has 0 aliphatic rings. The van der Waals surface area contributed by atoms with Gasteiger partial charge in [-0.15, -0.1) is 0 Å². The molecular weight excluding hydrogens is 685 g/mol. The maximum absolute atomic E-state index is 5.35. The number of pyridine rings is 1. The zero-order valence-corrected chi connectivity index (χ0v) is 32.9. The molecule has 0 radical (unpaired) electrons. The molecule has 0 bridgehead atoms. The van der Waals surface area contributed by atoms with E-state index in [0.717, 1.165) is 67.6 Å². The average Bonchev–Trinajstić information content (AvgIpc) is 3.06. The zero-order valence-electron chi connectivity index (χ0n) is 30.3. The van der Waals surface area contributed by atoms with Gasteiger partial charge in [-0.3, -0.25) is 9.98 Å². The van der Waals surface area contributed by atoms with Crippen molar-refractivity contribution in [2.24, 2.45) is 9.98 Å². The fraction of sp³-hybridized carbons (Fsp3) is 0.279. The summed E-state index contributed by atoms with van der Waals surface area (Å²) in [5.74, 6) is 0. The molecule has 1 heterocycles. The quantitative estimate of drug-likeness (QED) is 0.127. The van der Waals surface area contributed by atoms with Crippen molar-refractivity contribution < 1.29 is 13.1 Å². The second-order valence-corrected chi connectivity index (χ2v) is 16.3. The molecule has 0 N–H and O–H groups in total. The molecule has 0 saturated carbocycles. The van der Waals surface area contributed by atoms with Crippen LogP contribution in [0, 0.1) is 13.8 Å². The summed E-state index contributed by atoms with van der Waals surface area (Å²) in [7, 11) is 9.53.